The molecule has 0 unspecified atom stereocenters. The Kier molecular flexibility index (Phi) is 9.10. The van der Waals surface area contributed by atoms with Crippen molar-refractivity contribution in [3.05, 3.63) is 124 Å². The molecule has 0 saturated carbocycles. The van der Waals surface area contributed by atoms with Gasteiger partial charge in [0.2, 0.25) is 5.52 Å². The smallest absolute Gasteiger partial charge is 0.262 e. The van der Waals surface area contributed by atoms with E-state index in [2.05, 4.69) is 126 Å². The van der Waals surface area contributed by atoms with Crippen LogP contribution in [0, 0.1) is 0 Å². The maximum atomic E-state index is 2.43. The van der Waals surface area contributed by atoms with Gasteiger partial charge in [0, 0.05) is 23.6 Å². The second kappa shape index (κ2) is 12.7. The fraction of sp³-hybridized carbons (Fsp3) is 0.206. The van der Waals surface area contributed by atoms with Crippen LogP contribution in [0.4, 0.5) is 5.69 Å². The monoisotopic (exact) mass is 660 g/mol. The number of aryl methyl sites for hydroxylation is 1. The van der Waals surface area contributed by atoms with Gasteiger partial charge in [0.05, 0.1) is 10.7 Å². The molecule has 1 aromatic heterocycles. The van der Waals surface area contributed by atoms with Gasteiger partial charge < -0.3 is 28.9 Å². The molecule has 1 aliphatic heterocycles. The molecule has 3 aromatic carbocycles. The molecule has 0 bridgehead atoms. The van der Waals surface area contributed by atoms with Crippen LogP contribution in [0.1, 0.15) is 43.7 Å². The standard InChI is InChI=1S/C34H33N2S2.HI/c1-3-35-28-17-8-10-19-30(28)37-32(35)23-21-26-15-12-16-27(34(26)25-13-6-5-7-14-25)22-24-33-36(4-2)29-18-9-11-20-31(29)38-33;/h5-11,13-14,17-24H,3-4,12,15-16H2,1-2H3;1H/q+1;/p-1. The van der Waals surface area contributed by atoms with Crippen molar-refractivity contribution in [3.8, 4) is 0 Å². The van der Waals surface area contributed by atoms with E-state index in [4.69, 9.17) is 0 Å². The van der Waals surface area contributed by atoms with Crippen molar-refractivity contribution in [2.75, 3.05) is 11.4 Å². The first kappa shape index (κ1) is 27.9. The lowest BCUT2D eigenvalue weighted by Crippen LogP contribution is -3.00. The summed E-state index contributed by atoms with van der Waals surface area (Å²) in [6, 6.07) is 28.4. The summed E-state index contributed by atoms with van der Waals surface area (Å²) >= 11 is 3.76. The van der Waals surface area contributed by atoms with Crippen LogP contribution >= 0.6 is 23.1 Å². The lowest BCUT2D eigenvalue weighted by Gasteiger charge is -2.22. The van der Waals surface area contributed by atoms with Crippen molar-refractivity contribution in [1.82, 2.24) is 0 Å². The topological polar surface area (TPSA) is 7.12 Å². The molecule has 2 nitrogen and oxygen atoms in total. The minimum atomic E-state index is 0. The normalized spacial score (nSPS) is 17.4. The lowest BCUT2D eigenvalue weighted by atomic mass is 9.83. The number of thiazole rings is 1. The number of aromatic nitrogens is 1. The lowest BCUT2D eigenvalue weighted by molar-refractivity contribution is -0.665. The highest BCUT2D eigenvalue weighted by Crippen LogP contribution is 2.46. The zero-order valence-corrected chi connectivity index (χ0v) is 26.2. The highest BCUT2D eigenvalue weighted by Gasteiger charge is 2.24. The number of fused-ring (bicyclic) bond motifs is 2. The van der Waals surface area contributed by atoms with E-state index in [1.54, 1.807) is 0 Å². The first-order valence-corrected chi connectivity index (χ1v) is 15.2. The molecule has 198 valence electrons. The molecule has 5 heteroatoms. The Balaban J connectivity index is 0.00000308. The number of rotatable bonds is 6. The van der Waals surface area contributed by atoms with Gasteiger partial charge in [0.25, 0.3) is 5.01 Å². The van der Waals surface area contributed by atoms with Gasteiger partial charge in [-0.05, 0) is 79.7 Å². The average molecular weight is 661 g/mol. The summed E-state index contributed by atoms with van der Waals surface area (Å²) in [5, 5.41) is 2.62. The minimum absolute atomic E-state index is 0. The molecule has 2 heterocycles. The summed E-state index contributed by atoms with van der Waals surface area (Å²) in [5.41, 5.74) is 8.22. The average Bonchev–Trinajstić information content (AvgIpc) is 3.52. The SMILES string of the molecule is CCN1/C(=C/C=C2\CCCC(/C=C/c3sc4ccccc4[n+]3CC)=C2c2ccccc2)Sc2ccccc21.[I-]. The van der Waals surface area contributed by atoms with Crippen LogP contribution in [0.3, 0.4) is 0 Å². The van der Waals surface area contributed by atoms with E-state index in [0.717, 1.165) is 25.9 Å². The highest BCUT2D eigenvalue weighted by molar-refractivity contribution is 8.03. The number of para-hydroxylation sites is 2. The highest BCUT2D eigenvalue weighted by atomic mass is 127. The first-order chi connectivity index (χ1) is 18.8. The van der Waals surface area contributed by atoms with Crippen molar-refractivity contribution < 1.29 is 28.5 Å². The number of thioether (sulfide) groups is 1. The fourth-order valence-corrected chi connectivity index (χ4v) is 7.84. The van der Waals surface area contributed by atoms with E-state index in [0.29, 0.717) is 0 Å². The number of allylic oxidation sites excluding steroid dienone is 6. The number of halogens is 1. The Hall–Kier alpha value is -2.61. The van der Waals surface area contributed by atoms with Crippen molar-refractivity contribution in [2.45, 2.75) is 44.6 Å². The quantitative estimate of drug-likeness (QED) is 0.178. The van der Waals surface area contributed by atoms with Crippen LogP contribution in [0.15, 0.2) is 118 Å². The summed E-state index contributed by atoms with van der Waals surface area (Å²) in [6.45, 7) is 6.42. The summed E-state index contributed by atoms with van der Waals surface area (Å²) in [5.74, 6) is 0. The minimum Gasteiger partial charge on any atom is -1.00 e. The van der Waals surface area contributed by atoms with Crippen LogP contribution in [-0.2, 0) is 6.54 Å². The Morgan fingerprint density at radius 2 is 1.62 bits per heavy atom. The van der Waals surface area contributed by atoms with Crippen molar-refractivity contribution in [1.29, 1.82) is 0 Å². The molecule has 0 radical (unpaired) electrons. The number of nitrogens with zero attached hydrogens (tertiary/aromatic N) is 2. The van der Waals surface area contributed by atoms with Gasteiger partial charge in [-0.2, -0.15) is 4.57 Å². The second-order valence-electron chi connectivity index (χ2n) is 9.62. The van der Waals surface area contributed by atoms with Crippen molar-refractivity contribution >= 4 is 50.7 Å². The molecule has 0 atom stereocenters. The van der Waals surface area contributed by atoms with E-state index in [-0.39, 0.29) is 24.0 Å². The van der Waals surface area contributed by atoms with E-state index < -0.39 is 0 Å². The van der Waals surface area contributed by atoms with Crippen LogP contribution in [0.2, 0.25) is 0 Å². The molecule has 0 spiro atoms. The molecule has 0 N–H and O–H groups in total. The third kappa shape index (κ3) is 5.67. The molecule has 2 aliphatic rings. The van der Waals surface area contributed by atoms with Crippen LogP contribution in [-0.4, -0.2) is 6.54 Å². The Bertz CT molecular complexity index is 1590. The van der Waals surface area contributed by atoms with Gasteiger partial charge in [0.1, 0.15) is 11.2 Å². The second-order valence-corrected chi connectivity index (χ2v) is 11.7. The number of hydrogen-bond donors (Lipinski definition) is 0. The van der Waals surface area contributed by atoms with Gasteiger partial charge >= 0.3 is 0 Å². The fourth-order valence-electron chi connectivity index (χ4n) is 5.58. The van der Waals surface area contributed by atoms with Gasteiger partial charge in [0.15, 0.2) is 0 Å². The van der Waals surface area contributed by atoms with Gasteiger partial charge in [-0.15, -0.1) is 0 Å². The summed E-state index contributed by atoms with van der Waals surface area (Å²) < 4.78 is 3.77. The zero-order valence-electron chi connectivity index (χ0n) is 22.4. The number of benzene rings is 3. The van der Waals surface area contributed by atoms with Crippen molar-refractivity contribution in [3.63, 3.8) is 0 Å². The Labute approximate surface area is 257 Å². The summed E-state index contributed by atoms with van der Waals surface area (Å²) in [7, 11) is 0. The summed E-state index contributed by atoms with van der Waals surface area (Å²) in [4.78, 5) is 3.77. The van der Waals surface area contributed by atoms with Gasteiger partial charge in [-0.25, -0.2) is 0 Å². The number of anilines is 1. The van der Waals surface area contributed by atoms with Crippen LogP contribution < -0.4 is 33.4 Å². The maximum Gasteiger partial charge on any atom is 0.262 e. The molecule has 0 amide bonds. The van der Waals surface area contributed by atoms with Gasteiger partial charge in [-0.3, -0.25) is 0 Å². The summed E-state index contributed by atoms with van der Waals surface area (Å²) in [6.07, 6.45) is 12.8. The van der Waals surface area contributed by atoms with Gasteiger partial charge in [-0.1, -0.05) is 89.8 Å². The zero-order chi connectivity index (χ0) is 25.9. The maximum absolute atomic E-state index is 2.43. The van der Waals surface area contributed by atoms with Crippen LogP contribution in [0.5, 0.6) is 0 Å². The largest absolute Gasteiger partial charge is 1.00 e. The molecular formula is C34H33IN2S2. The third-order valence-electron chi connectivity index (χ3n) is 7.36. The van der Waals surface area contributed by atoms with E-state index in [1.807, 2.05) is 23.1 Å². The third-order valence-corrected chi connectivity index (χ3v) is 9.62. The molecule has 6 rings (SSSR count). The molecular weight excluding hydrogens is 627 g/mol. The van der Waals surface area contributed by atoms with Crippen LogP contribution in [0.25, 0.3) is 21.9 Å². The molecule has 4 aromatic rings. The van der Waals surface area contributed by atoms with Crippen molar-refractivity contribution in [2.24, 2.45) is 0 Å². The molecule has 0 saturated heterocycles. The molecule has 39 heavy (non-hydrogen) atoms. The predicted molar refractivity (Wildman–Crippen MR) is 165 cm³/mol. The Morgan fingerprint density at radius 1 is 0.846 bits per heavy atom. The molecule has 1 aliphatic carbocycles. The predicted octanol–water partition coefficient (Wildman–Crippen LogP) is 6.26. The van der Waals surface area contributed by atoms with E-state index in [9.17, 15) is 0 Å². The number of hydrogen-bond acceptors (Lipinski definition) is 3. The van der Waals surface area contributed by atoms with E-state index >= 15 is 0 Å². The first-order valence-electron chi connectivity index (χ1n) is 13.6. The van der Waals surface area contributed by atoms with E-state index in [1.165, 1.54) is 59.5 Å². The Morgan fingerprint density at radius 3 is 2.44 bits per heavy atom. The molecule has 0 fully saturated rings.